The summed E-state index contributed by atoms with van der Waals surface area (Å²) in [6.07, 6.45) is 0. The van der Waals surface area contributed by atoms with Gasteiger partial charge in [0.1, 0.15) is 17.4 Å². The average Bonchev–Trinajstić information content (AvgIpc) is 2.73. The van der Waals surface area contributed by atoms with E-state index in [1.54, 1.807) is 0 Å². The van der Waals surface area contributed by atoms with E-state index in [4.69, 9.17) is 11.6 Å². The summed E-state index contributed by atoms with van der Waals surface area (Å²) in [7, 11) is 0. The van der Waals surface area contributed by atoms with Gasteiger partial charge in [-0.2, -0.15) is 5.26 Å². The number of rotatable bonds is 2. The number of hydrogen-bond acceptors (Lipinski definition) is 2. The maximum atomic E-state index is 9.30. The van der Waals surface area contributed by atoms with E-state index in [1.807, 2.05) is 25.1 Å². The monoisotopic (exact) mass is 301 g/mol. The van der Waals surface area contributed by atoms with E-state index in [1.165, 1.54) is 0 Å². The van der Waals surface area contributed by atoms with Gasteiger partial charge in [0, 0.05) is 6.04 Å². The summed E-state index contributed by atoms with van der Waals surface area (Å²) >= 11 is 6.37. The fourth-order valence-electron chi connectivity index (χ4n) is 3.58. The quantitative estimate of drug-likeness (QED) is 0.747. The number of imidazole rings is 1. The fraction of sp³-hybridized carbons (Fsp3) is 0.529. The summed E-state index contributed by atoms with van der Waals surface area (Å²) < 4.78 is 2.26. The highest BCUT2D eigenvalue weighted by atomic mass is 35.5. The lowest BCUT2D eigenvalue weighted by molar-refractivity contribution is 0.457. The lowest BCUT2D eigenvalue weighted by atomic mass is 10.0. The van der Waals surface area contributed by atoms with Crippen LogP contribution in [0.4, 0.5) is 0 Å². The number of fused-ring (bicyclic) bond motifs is 1. The SMILES string of the molecule is CC(Cl)c1nc2c(C#N)cccc2n1C1C(C)(C)C1(C)C. The Morgan fingerprint density at radius 1 is 1.29 bits per heavy atom. The second-order valence-corrected chi connectivity index (χ2v) is 7.74. The molecule has 1 unspecified atom stereocenters. The first-order valence-electron chi connectivity index (χ1n) is 7.28. The molecule has 1 fully saturated rings. The maximum Gasteiger partial charge on any atom is 0.128 e. The third kappa shape index (κ3) is 1.75. The highest BCUT2D eigenvalue weighted by Crippen LogP contribution is 2.72. The van der Waals surface area contributed by atoms with Crippen LogP contribution in [0.3, 0.4) is 0 Å². The molecule has 0 aliphatic heterocycles. The third-order valence-electron chi connectivity index (χ3n) is 5.43. The van der Waals surface area contributed by atoms with E-state index in [2.05, 4.69) is 43.3 Å². The standard InChI is InChI=1S/C17H20ClN3/c1-10(18)14-20-13-11(9-19)7-6-8-12(13)21(14)15-16(2,3)17(15,4)5/h6-8,10,15H,1-5H3. The van der Waals surface area contributed by atoms with E-state index in [9.17, 15) is 5.26 Å². The topological polar surface area (TPSA) is 41.6 Å². The summed E-state index contributed by atoms with van der Waals surface area (Å²) in [5.74, 6) is 0.859. The van der Waals surface area contributed by atoms with Gasteiger partial charge < -0.3 is 4.57 Å². The lowest BCUT2D eigenvalue weighted by Crippen LogP contribution is -2.06. The van der Waals surface area contributed by atoms with E-state index in [-0.39, 0.29) is 16.2 Å². The van der Waals surface area contributed by atoms with Crippen molar-refractivity contribution in [3.05, 3.63) is 29.6 Å². The van der Waals surface area contributed by atoms with Crippen molar-refractivity contribution in [3.63, 3.8) is 0 Å². The Labute approximate surface area is 130 Å². The predicted molar refractivity (Wildman–Crippen MR) is 85.3 cm³/mol. The van der Waals surface area contributed by atoms with Gasteiger partial charge in [0.25, 0.3) is 0 Å². The van der Waals surface area contributed by atoms with Crippen LogP contribution in [-0.4, -0.2) is 9.55 Å². The molecule has 1 aliphatic carbocycles. The fourth-order valence-corrected chi connectivity index (χ4v) is 3.74. The summed E-state index contributed by atoms with van der Waals surface area (Å²) in [6, 6.07) is 8.35. The minimum absolute atomic E-state index is 0.184. The van der Waals surface area contributed by atoms with Crippen LogP contribution in [0.15, 0.2) is 18.2 Å². The van der Waals surface area contributed by atoms with Gasteiger partial charge in [-0.15, -0.1) is 11.6 Å². The molecule has 1 aromatic heterocycles. The molecule has 4 heteroatoms. The number of nitriles is 1. The van der Waals surface area contributed by atoms with Gasteiger partial charge in [0.2, 0.25) is 0 Å². The molecule has 21 heavy (non-hydrogen) atoms. The molecule has 1 atom stereocenters. The molecular weight excluding hydrogens is 282 g/mol. The Bertz CT molecular complexity index is 748. The van der Waals surface area contributed by atoms with Crippen molar-refractivity contribution in [2.45, 2.75) is 46.0 Å². The van der Waals surface area contributed by atoms with E-state index in [0.717, 1.165) is 16.9 Å². The van der Waals surface area contributed by atoms with Crippen LogP contribution in [-0.2, 0) is 0 Å². The van der Waals surface area contributed by atoms with E-state index < -0.39 is 0 Å². The first-order chi connectivity index (χ1) is 9.73. The Morgan fingerprint density at radius 2 is 1.90 bits per heavy atom. The highest BCUT2D eigenvalue weighted by molar-refractivity contribution is 6.20. The smallest absolute Gasteiger partial charge is 0.128 e. The molecule has 0 radical (unpaired) electrons. The molecule has 1 heterocycles. The van der Waals surface area contributed by atoms with Gasteiger partial charge in [-0.05, 0) is 29.9 Å². The zero-order valence-electron chi connectivity index (χ0n) is 13.1. The van der Waals surface area contributed by atoms with Crippen LogP contribution >= 0.6 is 11.6 Å². The molecule has 1 saturated carbocycles. The number of aromatic nitrogens is 2. The molecule has 1 aliphatic rings. The number of alkyl halides is 1. The normalized spacial score (nSPS) is 21.2. The second-order valence-electron chi connectivity index (χ2n) is 7.09. The third-order valence-corrected chi connectivity index (χ3v) is 5.62. The Hall–Kier alpha value is -1.53. The summed E-state index contributed by atoms with van der Waals surface area (Å²) in [6.45, 7) is 11.1. The molecule has 3 nitrogen and oxygen atoms in total. The van der Waals surface area contributed by atoms with Gasteiger partial charge in [-0.25, -0.2) is 4.98 Å². The maximum absolute atomic E-state index is 9.30. The van der Waals surface area contributed by atoms with Crippen molar-refractivity contribution < 1.29 is 0 Å². The summed E-state index contributed by atoms with van der Waals surface area (Å²) in [5, 5.41) is 9.12. The molecule has 0 spiro atoms. The lowest BCUT2D eigenvalue weighted by Gasteiger charge is -2.12. The Balaban J connectivity index is 2.32. The number of para-hydroxylation sites is 1. The van der Waals surface area contributed by atoms with Crippen molar-refractivity contribution >= 4 is 22.6 Å². The average molecular weight is 302 g/mol. The molecule has 3 rings (SSSR count). The van der Waals surface area contributed by atoms with Crippen LogP contribution < -0.4 is 0 Å². The van der Waals surface area contributed by atoms with Gasteiger partial charge in [-0.1, -0.05) is 33.8 Å². The van der Waals surface area contributed by atoms with Crippen LogP contribution in [0.25, 0.3) is 11.0 Å². The zero-order valence-corrected chi connectivity index (χ0v) is 13.9. The molecule has 0 saturated heterocycles. The highest BCUT2D eigenvalue weighted by Gasteiger charge is 2.66. The number of hydrogen-bond donors (Lipinski definition) is 0. The number of nitrogens with zero attached hydrogens (tertiary/aromatic N) is 3. The Morgan fingerprint density at radius 3 is 2.38 bits per heavy atom. The molecule has 2 aromatic rings. The minimum atomic E-state index is -0.184. The van der Waals surface area contributed by atoms with Gasteiger partial charge in [0.05, 0.1) is 16.5 Å². The van der Waals surface area contributed by atoms with Crippen molar-refractivity contribution in [2.24, 2.45) is 10.8 Å². The zero-order chi connectivity index (χ0) is 15.6. The van der Waals surface area contributed by atoms with Gasteiger partial charge in [0.15, 0.2) is 0 Å². The molecule has 0 bridgehead atoms. The number of benzene rings is 1. The number of halogens is 1. The summed E-state index contributed by atoms with van der Waals surface area (Å²) in [5.41, 5.74) is 2.76. The van der Waals surface area contributed by atoms with E-state index >= 15 is 0 Å². The van der Waals surface area contributed by atoms with Crippen molar-refractivity contribution in [1.29, 1.82) is 5.26 Å². The van der Waals surface area contributed by atoms with Crippen LogP contribution in [0.1, 0.15) is 57.4 Å². The van der Waals surface area contributed by atoms with Crippen molar-refractivity contribution in [2.75, 3.05) is 0 Å². The second kappa shape index (κ2) is 4.24. The predicted octanol–water partition coefficient (Wildman–Crippen LogP) is 4.81. The van der Waals surface area contributed by atoms with Crippen molar-refractivity contribution in [1.82, 2.24) is 9.55 Å². The van der Waals surface area contributed by atoms with Crippen molar-refractivity contribution in [3.8, 4) is 6.07 Å². The van der Waals surface area contributed by atoms with Crippen LogP contribution in [0, 0.1) is 22.2 Å². The first kappa shape index (κ1) is 14.4. The summed E-state index contributed by atoms with van der Waals surface area (Å²) in [4.78, 5) is 4.68. The molecular formula is C17H20ClN3. The first-order valence-corrected chi connectivity index (χ1v) is 7.72. The van der Waals surface area contributed by atoms with Crippen LogP contribution in [0.5, 0.6) is 0 Å². The molecule has 110 valence electrons. The van der Waals surface area contributed by atoms with Gasteiger partial charge in [-0.3, -0.25) is 0 Å². The Kier molecular flexibility index (Phi) is 2.91. The minimum Gasteiger partial charge on any atom is -0.322 e. The largest absolute Gasteiger partial charge is 0.322 e. The molecule has 1 aromatic carbocycles. The van der Waals surface area contributed by atoms with Crippen LogP contribution in [0.2, 0.25) is 0 Å². The van der Waals surface area contributed by atoms with Gasteiger partial charge >= 0.3 is 0 Å². The van der Waals surface area contributed by atoms with E-state index in [0.29, 0.717) is 11.6 Å². The molecule has 0 amide bonds. The molecule has 0 N–H and O–H groups in total.